The van der Waals surface area contributed by atoms with Crippen molar-refractivity contribution in [2.75, 3.05) is 33.0 Å². The van der Waals surface area contributed by atoms with Crippen molar-refractivity contribution in [3.05, 3.63) is 54.1 Å². The molecule has 8 nitrogen and oxygen atoms in total. The first-order valence-corrected chi connectivity index (χ1v) is 11.5. The molecule has 1 aromatic heterocycles. The van der Waals surface area contributed by atoms with E-state index in [1.807, 2.05) is 36.1 Å². The van der Waals surface area contributed by atoms with Crippen LogP contribution in [0.5, 0.6) is 11.5 Å². The number of amides is 1. The number of ether oxygens (including phenoxy) is 2. The van der Waals surface area contributed by atoms with Gasteiger partial charge in [0.2, 0.25) is 18.6 Å². The van der Waals surface area contributed by atoms with Crippen LogP contribution >= 0.6 is 11.8 Å². The van der Waals surface area contributed by atoms with Gasteiger partial charge in [-0.3, -0.25) is 9.69 Å². The van der Waals surface area contributed by atoms with Crippen LogP contribution in [0.1, 0.15) is 12.5 Å². The molecule has 3 heterocycles. The number of hydrogen-bond acceptors (Lipinski definition) is 8. The molecule has 1 amide bonds. The fourth-order valence-corrected chi connectivity index (χ4v) is 4.60. The average molecular weight is 453 g/mol. The predicted molar refractivity (Wildman–Crippen MR) is 119 cm³/mol. The highest BCUT2D eigenvalue weighted by Gasteiger charge is 2.27. The van der Waals surface area contributed by atoms with Gasteiger partial charge in [0.25, 0.3) is 5.22 Å². The minimum Gasteiger partial charge on any atom is -0.454 e. The summed E-state index contributed by atoms with van der Waals surface area (Å²) in [7, 11) is 0. The molecule has 9 heteroatoms. The standard InChI is InChI=1S/C23H24N4O4S/c1-16(22(28)27-11-9-26(10-12-27)14-17-5-3-2-4-6-17)32-23-25-24-21(31-23)18-7-8-19-20(13-18)30-15-29-19/h2-8,13,16H,9-12,14-15H2,1H3. The normalized spacial score (nSPS) is 16.8. The van der Waals surface area contributed by atoms with Gasteiger partial charge in [-0.1, -0.05) is 42.1 Å². The van der Waals surface area contributed by atoms with E-state index in [2.05, 4.69) is 39.4 Å². The van der Waals surface area contributed by atoms with E-state index in [0.29, 0.717) is 22.6 Å². The van der Waals surface area contributed by atoms with Gasteiger partial charge in [0, 0.05) is 38.3 Å². The van der Waals surface area contributed by atoms with Crippen LogP contribution in [0.15, 0.2) is 58.2 Å². The lowest BCUT2D eigenvalue weighted by molar-refractivity contribution is -0.132. The third kappa shape index (κ3) is 4.58. The monoisotopic (exact) mass is 452 g/mol. The van der Waals surface area contributed by atoms with Crippen LogP contribution in [0.2, 0.25) is 0 Å². The number of nitrogens with zero attached hydrogens (tertiary/aromatic N) is 4. The molecule has 2 aliphatic rings. The van der Waals surface area contributed by atoms with E-state index < -0.39 is 0 Å². The van der Waals surface area contributed by atoms with Crippen molar-refractivity contribution >= 4 is 17.7 Å². The van der Waals surface area contributed by atoms with Gasteiger partial charge in [0.1, 0.15) is 0 Å². The first-order chi connectivity index (χ1) is 15.7. The molecule has 0 N–H and O–H groups in total. The number of carbonyl (C=O) groups is 1. The number of aromatic nitrogens is 2. The second kappa shape index (κ2) is 9.22. The molecule has 2 aromatic carbocycles. The molecule has 166 valence electrons. The van der Waals surface area contributed by atoms with Gasteiger partial charge in [-0.15, -0.1) is 10.2 Å². The van der Waals surface area contributed by atoms with Crippen molar-refractivity contribution in [3.63, 3.8) is 0 Å². The molecule has 5 rings (SSSR count). The zero-order valence-corrected chi connectivity index (χ0v) is 18.6. The SMILES string of the molecule is CC(Sc1nnc(-c2ccc3c(c2)OCO3)o1)C(=O)N1CCN(Cc2ccccc2)CC1. The van der Waals surface area contributed by atoms with E-state index >= 15 is 0 Å². The Balaban J connectivity index is 1.14. The van der Waals surface area contributed by atoms with E-state index in [4.69, 9.17) is 13.9 Å². The van der Waals surface area contributed by atoms with Gasteiger partial charge in [-0.05, 0) is 30.7 Å². The Kier molecular flexibility index (Phi) is 6.00. The van der Waals surface area contributed by atoms with Crippen molar-refractivity contribution in [3.8, 4) is 23.0 Å². The fraction of sp³-hybridized carbons (Fsp3) is 0.348. The van der Waals surface area contributed by atoms with Crippen LogP contribution < -0.4 is 9.47 Å². The molecule has 1 atom stereocenters. The van der Waals surface area contributed by atoms with E-state index in [9.17, 15) is 4.79 Å². The van der Waals surface area contributed by atoms with Crippen molar-refractivity contribution in [2.24, 2.45) is 0 Å². The molecule has 0 bridgehead atoms. The summed E-state index contributed by atoms with van der Waals surface area (Å²) in [6.45, 7) is 6.20. The number of thioether (sulfide) groups is 1. The summed E-state index contributed by atoms with van der Waals surface area (Å²) in [6, 6.07) is 15.9. The maximum Gasteiger partial charge on any atom is 0.277 e. The number of hydrogen-bond donors (Lipinski definition) is 0. The first-order valence-electron chi connectivity index (χ1n) is 10.6. The van der Waals surface area contributed by atoms with Crippen LogP contribution in [-0.4, -0.2) is 64.1 Å². The molecule has 0 radical (unpaired) electrons. The highest BCUT2D eigenvalue weighted by atomic mass is 32.2. The van der Waals surface area contributed by atoms with Crippen molar-refractivity contribution in [2.45, 2.75) is 23.9 Å². The number of carbonyl (C=O) groups excluding carboxylic acids is 1. The summed E-state index contributed by atoms with van der Waals surface area (Å²) < 4.78 is 16.5. The summed E-state index contributed by atoms with van der Waals surface area (Å²) >= 11 is 1.29. The summed E-state index contributed by atoms with van der Waals surface area (Å²) in [5.41, 5.74) is 2.05. The zero-order valence-electron chi connectivity index (χ0n) is 17.8. The molecule has 2 aliphatic heterocycles. The highest BCUT2D eigenvalue weighted by molar-refractivity contribution is 8.00. The van der Waals surface area contributed by atoms with Gasteiger partial charge in [-0.2, -0.15) is 0 Å². The average Bonchev–Trinajstić information content (AvgIpc) is 3.49. The lowest BCUT2D eigenvalue weighted by Gasteiger charge is -2.35. The number of benzene rings is 2. The lowest BCUT2D eigenvalue weighted by atomic mass is 10.2. The second-order valence-corrected chi connectivity index (χ2v) is 9.08. The molecule has 3 aromatic rings. The Labute approximate surface area is 190 Å². The smallest absolute Gasteiger partial charge is 0.277 e. The fourth-order valence-electron chi connectivity index (χ4n) is 3.83. The summed E-state index contributed by atoms with van der Waals surface area (Å²) in [5, 5.41) is 8.30. The molecule has 0 saturated carbocycles. The minimum atomic E-state index is -0.305. The molecular formula is C23H24N4O4S. The Hall–Kier alpha value is -3.04. The van der Waals surface area contributed by atoms with Crippen molar-refractivity contribution in [1.82, 2.24) is 20.0 Å². The summed E-state index contributed by atoms with van der Waals surface area (Å²) in [4.78, 5) is 17.2. The molecule has 1 unspecified atom stereocenters. The Bertz CT molecular complexity index is 1080. The third-order valence-electron chi connectivity index (χ3n) is 5.58. The van der Waals surface area contributed by atoms with Gasteiger partial charge in [0.15, 0.2) is 11.5 Å². The van der Waals surface area contributed by atoms with Crippen LogP contribution in [0, 0.1) is 0 Å². The largest absolute Gasteiger partial charge is 0.454 e. The molecule has 0 aliphatic carbocycles. The topological polar surface area (TPSA) is 80.9 Å². The van der Waals surface area contributed by atoms with Gasteiger partial charge in [-0.25, -0.2) is 0 Å². The quantitative estimate of drug-likeness (QED) is 0.527. The predicted octanol–water partition coefficient (Wildman–Crippen LogP) is 3.29. The molecule has 1 saturated heterocycles. The Morgan fingerprint density at radius 3 is 2.62 bits per heavy atom. The molecule has 1 fully saturated rings. The maximum atomic E-state index is 12.9. The van der Waals surface area contributed by atoms with E-state index in [1.165, 1.54) is 17.3 Å². The molecule has 0 spiro atoms. The van der Waals surface area contributed by atoms with Gasteiger partial charge >= 0.3 is 0 Å². The van der Waals surface area contributed by atoms with Gasteiger partial charge in [0.05, 0.1) is 5.25 Å². The Morgan fingerprint density at radius 2 is 1.81 bits per heavy atom. The third-order valence-corrected chi connectivity index (χ3v) is 6.51. The number of piperazine rings is 1. The minimum absolute atomic E-state index is 0.0946. The number of fused-ring (bicyclic) bond motifs is 1. The molecular weight excluding hydrogens is 428 g/mol. The van der Waals surface area contributed by atoms with Crippen molar-refractivity contribution < 1.29 is 18.7 Å². The van der Waals surface area contributed by atoms with E-state index in [1.54, 1.807) is 0 Å². The first kappa shape index (κ1) is 20.8. The zero-order chi connectivity index (χ0) is 21.9. The van der Waals surface area contributed by atoms with E-state index in [0.717, 1.165) is 38.3 Å². The summed E-state index contributed by atoms with van der Waals surface area (Å²) in [6.07, 6.45) is 0. The van der Waals surface area contributed by atoms with Crippen molar-refractivity contribution in [1.29, 1.82) is 0 Å². The molecule has 32 heavy (non-hydrogen) atoms. The van der Waals surface area contributed by atoms with Crippen LogP contribution in [0.3, 0.4) is 0 Å². The van der Waals surface area contributed by atoms with Crippen LogP contribution in [0.25, 0.3) is 11.5 Å². The van der Waals surface area contributed by atoms with E-state index in [-0.39, 0.29) is 18.0 Å². The highest BCUT2D eigenvalue weighted by Crippen LogP contribution is 2.36. The summed E-state index contributed by atoms with van der Waals surface area (Å²) in [5.74, 6) is 1.84. The number of rotatable bonds is 6. The maximum absolute atomic E-state index is 12.9. The van der Waals surface area contributed by atoms with Crippen LogP contribution in [0.4, 0.5) is 0 Å². The van der Waals surface area contributed by atoms with Crippen LogP contribution in [-0.2, 0) is 11.3 Å². The Morgan fingerprint density at radius 1 is 1.03 bits per heavy atom. The lowest BCUT2D eigenvalue weighted by Crippen LogP contribution is -2.50. The second-order valence-electron chi connectivity index (χ2n) is 7.79. The van der Waals surface area contributed by atoms with Gasteiger partial charge < -0.3 is 18.8 Å².